The molecule has 0 unspecified atom stereocenters. The van der Waals surface area contributed by atoms with E-state index in [0.717, 1.165) is 24.9 Å². The summed E-state index contributed by atoms with van der Waals surface area (Å²) in [4.78, 5) is 25.9. The van der Waals surface area contributed by atoms with Crippen LogP contribution in [0.5, 0.6) is 0 Å². The van der Waals surface area contributed by atoms with Crippen LogP contribution in [0.1, 0.15) is 37.7 Å². The highest BCUT2D eigenvalue weighted by atomic mass is 16.2. The van der Waals surface area contributed by atoms with Crippen molar-refractivity contribution in [3.63, 3.8) is 0 Å². The number of benzene rings is 1. The number of carbonyl (C=O) groups excluding carboxylic acids is 2. The van der Waals surface area contributed by atoms with Gasteiger partial charge in [-0.15, -0.1) is 0 Å². The Hall–Kier alpha value is -1.84. The van der Waals surface area contributed by atoms with E-state index in [1.807, 2.05) is 24.3 Å². The van der Waals surface area contributed by atoms with E-state index in [0.29, 0.717) is 6.54 Å². The zero-order valence-electron chi connectivity index (χ0n) is 11.6. The van der Waals surface area contributed by atoms with Crippen LogP contribution < -0.4 is 10.2 Å². The Morgan fingerprint density at radius 3 is 2.75 bits per heavy atom. The summed E-state index contributed by atoms with van der Waals surface area (Å²) in [6, 6.07) is 8.19. The maximum absolute atomic E-state index is 12.3. The maximum Gasteiger partial charge on any atom is 0.236 e. The molecule has 106 valence electrons. The first-order valence-electron chi connectivity index (χ1n) is 7.41. The molecule has 1 heterocycles. The molecule has 0 atom stereocenters. The first-order valence-corrected chi connectivity index (χ1v) is 7.41. The number of para-hydroxylation sites is 1. The topological polar surface area (TPSA) is 49.4 Å². The third-order valence-electron chi connectivity index (χ3n) is 4.22. The van der Waals surface area contributed by atoms with Crippen molar-refractivity contribution in [3.8, 4) is 0 Å². The standard InChI is InChI=1S/C16H20N2O2/c19-15(17-13-6-2-3-7-13)11-16(20)18-10-9-12-5-1-4-8-14(12)18/h1,4-5,8,13H,2-3,6-7,9-11H2,(H,17,19). The van der Waals surface area contributed by atoms with Gasteiger partial charge in [0, 0.05) is 18.3 Å². The molecule has 1 saturated carbocycles. The number of anilines is 1. The van der Waals surface area contributed by atoms with E-state index in [4.69, 9.17) is 0 Å². The van der Waals surface area contributed by atoms with Crippen molar-refractivity contribution in [1.29, 1.82) is 0 Å². The van der Waals surface area contributed by atoms with Gasteiger partial charge in [-0.3, -0.25) is 9.59 Å². The van der Waals surface area contributed by atoms with E-state index in [1.54, 1.807) is 4.90 Å². The zero-order chi connectivity index (χ0) is 13.9. The minimum Gasteiger partial charge on any atom is -0.353 e. The molecule has 0 aromatic heterocycles. The van der Waals surface area contributed by atoms with Gasteiger partial charge in [-0.05, 0) is 30.9 Å². The number of hydrogen-bond donors (Lipinski definition) is 1. The van der Waals surface area contributed by atoms with Crippen LogP contribution in [0.4, 0.5) is 5.69 Å². The molecule has 2 amide bonds. The first kappa shape index (κ1) is 13.2. The normalized spacial score (nSPS) is 18.1. The summed E-state index contributed by atoms with van der Waals surface area (Å²) < 4.78 is 0. The van der Waals surface area contributed by atoms with Gasteiger partial charge in [0.25, 0.3) is 0 Å². The smallest absolute Gasteiger partial charge is 0.236 e. The number of rotatable bonds is 3. The van der Waals surface area contributed by atoms with Crippen molar-refractivity contribution in [2.75, 3.05) is 11.4 Å². The highest BCUT2D eigenvalue weighted by molar-refractivity contribution is 6.06. The number of carbonyl (C=O) groups is 2. The molecular weight excluding hydrogens is 252 g/mol. The minimum atomic E-state index is -0.133. The number of amides is 2. The van der Waals surface area contributed by atoms with E-state index in [-0.39, 0.29) is 24.3 Å². The first-order chi connectivity index (χ1) is 9.74. The summed E-state index contributed by atoms with van der Waals surface area (Å²) in [6.45, 7) is 0.689. The SMILES string of the molecule is O=C(CC(=O)N1CCc2ccccc21)NC1CCCC1. The summed E-state index contributed by atoms with van der Waals surface area (Å²) in [5.74, 6) is -0.225. The lowest BCUT2D eigenvalue weighted by molar-refractivity contribution is -0.128. The second-order valence-electron chi connectivity index (χ2n) is 5.65. The van der Waals surface area contributed by atoms with Crippen molar-refractivity contribution < 1.29 is 9.59 Å². The van der Waals surface area contributed by atoms with Crippen LogP contribution in [0.3, 0.4) is 0 Å². The van der Waals surface area contributed by atoms with Gasteiger partial charge in [0.15, 0.2) is 0 Å². The third-order valence-corrected chi connectivity index (χ3v) is 4.22. The van der Waals surface area contributed by atoms with Gasteiger partial charge in [-0.25, -0.2) is 0 Å². The third kappa shape index (κ3) is 2.69. The number of fused-ring (bicyclic) bond motifs is 1. The van der Waals surface area contributed by atoms with Crippen LogP contribution in [-0.4, -0.2) is 24.4 Å². The Morgan fingerprint density at radius 2 is 1.95 bits per heavy atom. The molecule has 3 rings (SSSR count). The highest BCUT2D eigenvalue weighted by Crippen LogP contribution is 2.27. The monoisotopic (exact) mass is 272 g/mol. The fourth-order valence-corrected chi connectivity index (χ4v) is 3.18. The predicted octanol–water partition coefficient (Wildman–Crippen LogP) is 2.02. The average molecular weight is 272 g/mol. The van der Waals surface area contributed by atoms with Gasteiger partial charge < -0.3 is 10.2 Å². The molecule has 4 nitrogen and oxygen atoms in total. The lowest BCUT2D eigenvalue weighted by Gasteiger charge is -2.18. The Kier molecular flexibility index (Phi) is 3.72. The molecule has 1 aromatic rings. The Balaban J connectivity index is 1.58. The second-order valence-corrected chi connectivity index (χ2v) is 5.65. The van der Waals surface area contributed by atoms with Gasteiger partial charge in [-0.1, -0.05) is 31.0 Å². The van der Waals surface area contributed by atoms with E-state index in [9.17, 15) is 9.59 Å². The summed E-state index contributed by atoms with van der Waals surface area (Å²) in [7, 11) is 0. The molecular formula is C16H20N2O2. The summed E-state index contributed by atoms with van der Waals surface area (Å²) in [6.07, 6.45) is 5.30. The van der Waals surface area contributed by atoms with Gasteiger partial charge in [0.1, 0.15) is 6.42 Å². The van der Waals surface area contributed by atoms with E-state index in [1.165, 1.54) is 18.4 Å². The highest BCUT2D eigenvalue weighted by Gasteiger charge is 2.26. The lowest BCUT2D eigenvalue weighted by Crippen LogP contribution is -2.38. The van der Waals surface area contributed by atoms with Crippen molar-refractivity contribution in [2.45, 2.75) is 44.6 Å². The number of nitrogens with zero attached hydrogens (tertiary/aromatic N) is 1. The Bertz CT molecular complexity index is 521. The number of hydrogen-bond acceptors (Lipinski definition) is 2. The molecule has 4 heteroatoms. The van der Waals surface area contributed by atoms with Gasteiger partial charge in [0.2, 0.25) is 11.8 Å². The van der Waals surface area contributed by atoms with Crippen LogP contribution in [0.15, 0.2) is 24.3 Å². The van der Waals surface area contributed by atoms with E-state index >= 15 is 0 Å². The molecule has 0 radical (unpaired) electrons. The molecule has 1 aliphatic heterocycles. The van der Waals surface area contributed by atoms with Gasteiger partial charge >= 0.3 is 0 Å². The van der Waals surface area contributed by atoms with Crippen LogP contribution >= 0.6 is 0 Å². The second kappa shape index (κ2) is 5.65. The molecule has 1 aliphatic carbocycles. The Labute approximate surface area is 119 Å². The number of nitrogens with one attached hydrogen (secondary N) is 1. The summed E-state index contributed by atoms with van der Waals surface area (Å²) >= 11 is 0. The van der Waals surface area contributed by atoms with Crippen LogP contribution in [0.2, 0.25) is 0 Å². The summed E-state index contributed by atoms with van der Waals surface area (Å²) in [5, 5.41) is 2.97. The van der Waals surface area contributed by atoms with Crippen LogP contribution in [0.25, 0.3) is 0 Å². The molecule has 0 spiro atoms. The largest absolute Gasteiger partial charge is 0.353 e. The molecule has 1 fully saturated rings. The van der Waals surface area contributed by atoms with Crippen molar-refractivity contribution >= 4 is 17.5 Å². The fourth-order valence-electron chi connectivity index (χ4n) is 3.18. The van der Waals surface area contributed by atoms with Gasteiger partial charge in [-0.2, -0.15) is 0 Å². The molecule has 0 bridgehead atoms. The lowest BCUT2D eigenvalue weighted by atomic mass is 10.2. The average Bonchev–Trinajstić information content (AvgIpc) is 3.07. The van der Waals surface area contributed by atoms with Crippen LogP contribution in [0, 0.1) is 0 Å². The molecule has 20 heavy (non-hydrogen) atoms. The minimum absolute atomic E-state index is 0.0369. The molecule has 1 N–H and O–H groups in total. The molecule has 0 saturated heterocycles. The fraction of sp³-hybridized carbons (Fsp3) is 0.500. The Morgan fingerprint density at radius 1 is 1.20 bits per heavy atom. The zero-order valence-corrected chi connectivity index (χ0v) is 11.6. The van der Waals surface area contributed by atoms with Gasteiger partial charge in [0.05, 0.1) is 0 Å². The maximum atomic E-state index is 12.3. The van der Waals surface area contributed by atoms with Crippen molar-refractivity contribution in [2.24, 2.45) is 0 Å². The van der Waals surface area contributed by atoms with Crippen LogP contribution in [-0.2, 0) is 16.0 Å². The molecule has 2 aliphatic rings. The van der Waals surface area contributed by atoms with E-state index in [2.05, 4.69) is 5.32 Å². The van der Waals surface area contributed by atoms with Crippen molar-refractivity contribution in [3.05, 3.63) is 29.8 Å². The van der Waals surface area contributed by atoms with E-state index < -0.39 is 0 Å². The quantitative estimate of drug-likeness (QED) is 0.856. The molecule has 1 aromatic carbocycles. The predicted molar refractivity (Wildman–Crippen MR) is 77.5 cm³/mol. The summed E-state index contributed by atoms with van der Waals surface area (Å²) in [5.41, 5.74) is 2.16. The van der Waals surface area contributed by atoms with Crippen molar-refractivity contribution in [1.82, 2.24) is 5.32 Å².